The van der Waals surface area contributed by atoms with Crippen molar-refractivity contribution in [3.8, 4) is 5.75 Å². The van der Waals surface area contributed by atoms with Gasteiger partial charge < -0.3 is 10.8 Å². The molecule has 4 rings (SSSR count). The quantitative estimate of drug-likeness (QED) is 0.164. The maximum atomic E-state index is 11.6. The Labute approximate surface area is 196 Å². The van der Waals surface area contributed by atoms with Crippen LogP contribution < -0.4 is 5.73 Å². The van der Waals surface area contributed by atoms with Gasteiger partial charge in [0.1, 0.15) is 22.0 Å². The molecule has 0 atom stereocenters. The second kappa shape index (κ2) is 9.00. The fraction of sp³-hybridized carbons (Fsp3) is 0.0833. The van der Waals surface area contributed by atoms with E-state index in [1.165, 1.54) is 18.2 Å². The smallest absolute Gasteiger partial charge is 0.296 e. The van der Waals surface area contributed by atoms with Gasteiger partial charge in [0, 0.05) is 0 Å². The van der Waals surface area contributed by atoms with Crippen molar-refractivity contribution < 1.29 is 18.1 Å². The third-order valence-corrected chi connectivity index (χ3v) is 6.14. The lowest BCUT2D eigenvalue weighted by Gasteiger charge is -2.11. The SMILES string of the molecule is Cc1ccccc1N=Nc1c(C)cc2ccc(N=Nc3ccccc3S(=O)(=O)O)c(N)c2c1O. The van der Waals surface area contributed by atoms with Gasteiger partial charge in [-0.3, -0.25) is 4.55 Å². The molecule has 9 nitrogen and oxygen atoms in total. The van der Waals surface area contributed by atoms with Crippen molar-refractivity contribution in [1.82, 2.24) is 0 Å². The van der Waals surface area contributed by atoms with E-state index < -0.39 is 10.1 Å². The van der Waals surface area contributed by atoms with E-state index in [0.29, 0.717) is 22.0 Å². The number of nitrogens with zero attached hydrogens (tertiary/aromatic N) is 4. The Morgan fingerprint density at radius 2 is 1.38 bits per heavy atom. The first kappa shape index (κ1) is 23.0. The van der Waals surface area contributed by atoms with Crippen molar-refractivity contribution in [2.24, 2.45) is 20.5 Å². The Hall–Kier alpha value is -4.15. The molecule has 0 radical (unpaired) electrons. The molecule has 0 spiro atoms. The van der Waals surface area contributed by atoms with Gasteiger partial charge >= 0.3 is 0 Å². The number of phenolic OH excluding ortho intramolecular Hbond substituents is 1. The van der Waals surface area contributed by atoms with Crippen molar-refractivity contribution in [1.29, 1.82) is 0 Å². The monoisotopic (exact) mass is 475 g/mol. The van der Waals surface area contributed by atoms with Gasteiger partial charge in [-0.1, -0.05) is 36.4 Å². The minimum atomic E-state index is -4.48. The van der Waals surface area contributed by atoms with Crippen LogP contribution in [-0.2, 0) is 10.1 Å². The number of anilines is 1. The maximum Gasteiger partial charge on any atom is 0.296 e. The molecule has 0 amide bonds. The molecule has 10 heteroatoms. The summed E-state index contributed by atoms with van der Waals surface area (Å²) in [7, 11) is -4.48. The van der Waals surface area contributed by atoms with E-state index in [-0.39, 0.29) is 33.4 Å². The summed E-state index contributed by atoms with van der Waals surface area (Å²) in [5, 5.41) is 28.5. The minimum Gasteiger partial charge on any atom is -0.505 e. The molecule has 0 aromatic heterocycles. The number of azo groups is 2. The molecule has 0 bridgehead atoms. The number of nitrogens with two attached hydrogens (primary N) is 1. The topological polar surface area (TPSA) is 150 Å². The number of benzene rings is 4. The molecule has 4 aromatic rings. The summed E-state index contributed by atoms with van der Waals surface area (Å²) in [6.45, 7) is 3.72. The molecule has 0 aliphatic rings. The van der Waals surface area contributed by atoms with Crippen LogP contribution in [0.2, 0.25) is 0 Å². The van der Waals surface area contributed by atoms with E-state index in [9.17, 15) is 18.1 Å². The number of aromatic hydroxyl groups is 1. The van der Waals surface area contributed by atoms with Crippen LogP contribution in [0.4, 0.5) is 28.4 Å². The summed E-state index contributed by atoms with van der Waals surface area (Å²) in [6.07, 6.45) is 0. The highest BCUT2D eigenvalue weighted by atomic mass is 32.2. The second-order valence-electron chi connectivity index (χ2n) is 7.62. The van der Waals surface area contributed by atoms with E-state index in [1.54, 1.807) is 25.1 Å². The molecule has 0 saturated heterocycles. The van der Waals surface area contributed by atoms with Gasteiger partial charge in [-0.15, -0.1) is 15.3 Å². The first-order valence-corrected chi connectivity index (χ1v) is 11.6. The molecular formula is C24H21N5O4S. The van der Waals surface area contributed by atoms with Gasteiger partial charge in [0.05, 0.1) is 16.8 Å². The van der Waals surface area contributed by atoms with Crippen molar-refractivity contribution in [3.05, 3.63) is 77.9 Å². The lowest BCUT2D eigenvalue weighted by Crippen LogP contribution is -1.97. The van der Waals surface area contributed by atoms with Crippen LogP contribution in [0.25, 0.3) is 10.8 Å². The maximum absolute atomic E-state index is 11.6. The third-order valence-electron chi connectivity index (χ3n) is 5.24. The lowest BCUT2D eigenvalue weighted by atomic mass is 10.0. The van der Waals surface area contributed by atoms with Crippen LogP contribution in [-0.4, -0.2) is 18.1 Å². The zero-order chi connectivity index (χ0) is 24.5. The largest absolute Gasteiger partial charge is 0.505 e. The van der Waals surface area contributed by atoms with Crippen LogP contribution in [0.5, 0.6) is 5.75 Å². The molecule has 0 saturated carbocycles. The van der Waals surface area contributed by atoms with Gasteiger partial charge in [-0.25, -0.2) is 0 Å². The number of hydrogen-bond donors (Lipinski definition) is 3. The zero-order valence-corrected chi connectivity index (χ0v) is 19.2. The Morgan fingerprint density at radius 1 is 0.765 bits per heavy atom. The second-order valence-corrected chi connectivity index (χ2v) is 9.01. The molecule has 0 unspecified atom stereocenters. The van der Waals surface area contributed by atoms with Crippen molar-refractivity contribution in [2.75, 3.05) is 5.73 Å². The highest BCUT2D eigenvalue weighted by Crippen LogP contribution is 2.44. The predicted molar refractivity (Wildman–Crippen MR) is 131 cm³/mol. The van der Waals surface area contributed by atoms with E-state index in [4.69, 9.17) is 5.73 Å². The van der Waals surface area contributed by atoms with Crippen molar-refractivity contribution in [2.45, 2.75) is 18.7 Å². The van der Waals surface area contributed by atoms with Gasteiger partial charge in [0.15, 0.2) is 5.75 Å². The Morgan fingerprint density at radius 3 is 2.09 bits per heavy atom. The predicted octanol–water partition coefficient (Wildman–Crippen LogP) is 6.82. The average molecular weight is 476 g/mol. The van der Waals surface area contributed by atoms with Crippen molar-refractivity contribution in [3.63, 3.8) is 0 Å². The first-order valence-electron chi connectivity index (χ1n) is 10.2. The first-order chi connectivity index (χ1) is 16.2. The fourth-order valence-electron chi connectivity index (χ4n) is 3.48. The van der Waals surface area contributed by atoms with Crippen LogP contribution in [0, 0.1) is 13.8 Å². The lowest BCUT2D eigenvalue weighted by molar-refractivity contribution is 0.482. The molecular weight excluding hydrogens is 454 g/mol. The molecule has 0 heterocycles. The van der Waals surface area contributed by atoms with Crippen molar-refractivity contribution >= 4 is 49.3 Å². The molecule has 0 aliphatic carbocycles. The Kier molecular flexibility index (Phi) is 6.10. The molecule has 0 aliphatic heterocycles. The average Bonchev–Trinajstić information content (AvgIpc) is 2.79. The van der Waals surface area contributed by atoms with E-state index in [1.807, 2.05) is 37.3 Å². The fourth-order valence-corrected chi connectivity index (χ4v) is 4.10. The summed E-state index contributed by atoms with van der Waals surface area (Å²) in [5.41, 5.74) is 9.19. The third kappa shape index (κ3) is 4.49. The zero-order valence-electron chi connectivity index (χ0n) is 18.3. The highest BCUT2D eigenvalue weighted by molar-refractivity contribution is 7.86. The minimum absolute atomic E-state index is 0.0506. The number of nitrogen functional groups attached to an aromatic ring is 1. The number of rotatable bonds is 5. The number of fused-ring (bicyclic) bond motifs is 1. The van der Waals surface area contributed by atoms with E-state index in [2.05, 4.69) is 20.5 Å². The van der Waals surface area contributed by atoms with E-state index >= 15 is 0 Å². The summed E-state index contributed by atoms with van der Waals surface area (Å²) < 4.78 is 32.6. The summed E-state index contributed by atoms with van der Waals surface area (Å²) >= 11 is 0. The standard InChI is InChI=1S/C24H21N5O4S/c1-14-7-3-4-8-17(14)26-29-23-15(2)13-16-11-12-19(22(25)21(16)24(23)30)28-27-18-9-5-6-10-20(18)34(31,32)33/h3-13,30H,25H2,1-2H3,(H,31,32,33). The van der Waals surface area contributed by atoms with Crippen LogP contribution in [0.3, 0.4) is 0 Å². The highest BCUT2D eigenvalue weighted by Gasteiger charge is 2.17. The van der Waals surface area contributed by atoms with Gasteiger partial charge in [0.2, 0.25) is 0 Å². The molecule has 172 valence electrons. The molecule has 34 heavy (non-hydrogen) atoms. The van der Waals surface area contributed by atoms with E-state index in [0.717, 1.165) is 5.56 Å². The summed E-state index contributed by atoms with van der Waals surface area (Å²) in [5.74, 6) is -0.153. The van der Waals surface area contributed by atoms with Gasteiger partial charge in [-0.2, -0.15) is 13.5 Å². The molecule has 4 N–H and O–H groups in total. The Bertz CT molecular complexity index is 1580. The van der Waals surface area contributed by atoms with Gasteiger partial charge in [0.25, 0.3) is 10.1 Å². The van der Waals surface area contributed by atoms with Crippen LogP contribution >= 0.6 is 0 Å². The summed E-state index contributed by atoms with van der Waals surface area (Å²) in [4.78, 5) is -0.379. The van der Waals surface area contributed by atoms with Crippen LogP contribution in [0.1, 0.15) is 11.1 Å². The summed E-state index contributed by atoms with van der Waals surface area (Å²) in [6, 6.07) is 18.3. The van der Waals surface area contributed by atoms with Crippen LogP contribution in [0.15, 0.2) is 92.1 Å². The number of aryl methyl sites for hydroxylation is 2. The number of phenols is 1. The normalized spacial score (nSPS) is 12.2. The molecule has 0 fully saturated rings. The number of hydrogen-bond acceptors (Lipinski definition) is 8. The van der Waals surface area contributed by atoms with Gasteiger partial charge in [-0.05, 0) is 60.7 Å². The molecule has 4 aromatic carbocycles. The Balaban J connectivity index is 1.80.